The summed E-state index contributed by atoms with van der Waals surface area (Å²) >= 11 is 0. The lowest BCUT2D eigenvalue weighted by atomic mass is 9.94. The van der Waals surface area contributed by atoms with Gasteiger partial charge in [0.25, 0.3) is 5.70 Å². The van der Waals surface area contributed by atoms with Gasteiger partial charge in [-0.15, -0.1) is 0 Å². The molecular formula is C37H44N4O6. The fourth-order valence-electron chi connectivity index (χ4n) is 5.39. The van der Waals surface area contributed by atoms with Crippen molar-refractivity contribution in [2.24, 2.45) is 5.92 Å². The Balaban J connectivity index is 1.42. The average molecular weight is 641 g/mol. The quantitative estimate of drug-likeness (QED) is 0.0923. The molecule has 1 unspecified atom stereocenters. The Kier molecular flexibility index (Phi) is 13.0. The second-order valence-electron chi connectivity index (χ2n) is 11.8. The number of para-hydroxylation sites is 1. The molecule has 0 spiro atoms. The molecule has 248 valence electrons. The molecule has 10 nitrogen and oxygen atoms in total. The zero-order valence-corrected chi connectivity index (χ0v) is 27.1. The number of carboxylic acid groups (broad SMARTS) is 1. The molecule has 0 aromatic heterocycles. The highest BCUT2D eigenvalue weighted by Gasteiger charge is 2.29. The summed E-state index contributed by atoms with van der Waals surface area (Å²) in [6, 6.07) is 15.6. The third-order valence-corrected chi connectivity index (χ3v) is 8.07. The molecule has 4 rings (SSSR count). The summed E-state index contributed by atoms with van der Waals surface area (Å²) < 4.78 is 5.92. The number of carboxylic acids is 1. The number of hydrogen-bond donors (Lipinski definition) is 3. The summed E-state index contributed by atoms with van der Waals surface area (Å²) in [5, 5.41) is 27.9. The molecule has 0 heterocycles. The molecule has 2 aliphatic rings. The van der Waals surface area contributed by atoms with Gasteiger partial charge in [-0.2, -0.15) is 0 Å². The van der Waals surface area contributed by atoms with Crippen LogP contribution in [0.25, 0.3) is 0 Å². The fourth-order valence-corrected chi connectivity index (χ4v) is 5.39. The number of anilines is 1. The van der Waals surface area contributed by atoms with Gasteiger partial charge in [-0.1, -0.05) is 49.8 Å². The van der Waals surface area contributed by atoms with Crippen LogP contribution >= 0.6 is 0 Å². The van der Waals surface area contributed by atoms with E-state index in [2.05, 4.69) is 29.7 Å². The summed E-state index contributed by atoms with van der Waals surface area (Å²) in [5.41, 5.74) is 2.64. The van der Waals surface area contributed by atoms with Crippen molar-refractivity contribution in [2.45, 2.75) is 64.8 Å². The molecule has 0 saturated heterocycles. The third kappa shape index (κ3) is 10.7. The van der Waals surface area contributed by atoms with E-state index in [0.29, 0.717) is 30.6 Å². The minimum Gasteiger partial charge on any atom is -0.491 e. The van der Waals surface area contributed by atoms with Crippen molar-refractivity contribution in [3.63, 3.8) is 0 Å². The van der Waals surface area contributed by atoms with Crippen molar-refractivity contribution < 1.29 is 24.4 Å². The molecule has 0 aliphatic heterocycles. The van der Waals surface area contributed by atoms with E-state index < -0.39 is 12.0 Å². The van der Waals surface area contributed by atoms with Crippen molar-refractivity contribution in [2.75, 3.05) is 18.5 Å². The molecule has 0 fully saturated rings. The maximum absolute atomic E-state index is 13.8. The van der Waals surface area contributed by atoms with Gasteiger partial charge >= 0.3 is 5.97 Å². The number of allylic oxidation sites excluding steroid dienone is 6. The first-order chi connectivity index (χ1) is 22.7. The predicted octanol–water partition coefficient (Wildman–Crippen LogP) is 7.44. The van der Waals surface area contributed by atoms with Crippen molar-refractivity contribution in [1.29, 1.82) is 0 Å². The molecule has 3 N–H and O–H groups in total. The fraction of sp³-hybridized carbons (Fsp3) is 0.351. The topological polar surface area (TPSA) is 134 Å². The van der Waals surface area contributed by atoms with Crippen LogP contribution in [0.5, 0.6) is 5.75 Å². The van der Waals surface area contributed by atoms with E-state index in [9.17, 15) is 19.7 Å². The first kappa shape index (κ1) is 34.7. The maximum Gasteiger partial charge on any atom is 0.335 e. The lowest BCUT2D eigenvalue weighted by Crippen LogP contribution is -2.44. The minimum atomic E-state index is -1.03. The number of carbonyl (C=O) groups is 2. The number of hydrogen-bond acceptors (Lipinski definition) is 7. The van der Waals surface area contributed by atoms with Crippen molar-refractivity contribution >= 4 is 17.6 Å². The van der Waals surface area contributed by atoms with Gasteiger partial charge < -0.3 is 25.4 Å². The van der Waals surface area contributed by atoms with E-state index in [1.165, 1.54) is 12.1 Å². The average Bonchev–Trinajstić information content (AvgIpc) is 3.07. The standard InChI is InChI=1S/C37H44N4O6/c1-3-4-6-15-35(38-31-12-7-5-8-13-31)39-32-20-16-28(17-21-32)24-36(42)40(25-30-11-9-10-14-34(30)41(45)46)27(2)26-47-33-22-18-29(19-23-33)37(43)44/h5,7-8,11-16,18-23,27-28,38-39H,3-4,6,9-10,17,24-26H2,1-2H3,(H,43,44)/b35-15-/t27-,28?/m0/s1. The highest BCUT2D eigenvalue weighted by Crippen LogP contribution is 2.25. The van der Waals surface area contributed by atoms with Crippen LogP contribution in [0.3, 0.4) is 0 Å². The van der Waals surface area contributed by atoms with Gasteiger partial charge in [-0.3, -0.25) is 14.9 Å². The molecule has 0 bridgehead atoms. The summed E-state index contributed by atoms with van der Waals surface area (Å²) in [7, 11) is 0. The van der Waals surface area contributed by atoms with Crippen molar-refractivity contribution in [3.05, 3.63) is 130 Å². The van der Waals surface area contributed by atoms with E-state index in [-0.39, 0.29) is 47.6 Å². The first-order valence-electron chi connectivity index (χ1n) is 16.2. The Bertz CT molecular complexity index is 1540. The van der Waals surface area contributed by atoms with Crippen LogP contribution in [0.4, 0.5) is 5.69 Å². The van der Waals surface area contributed by atoms with Crippen LogP contribution in [-0.2, 0) is 4.79 Å². The Morgan fingerprint density at radius 2 is 1.83 bits per heavy atom. The molecule has 10 heteroatoms. The summed E-state index contributed by atoms with van der Waals surface area (Å²) in [4.78, 5) is 38.1. The largest absolute Gasteiger partial charge is 0.491 e. The molecule has 0 saturated carbocycles. The molecular weight excluding hydrogens is 596 g/mol. The lowest BCUT2D eigenvalue weighted by molar-refractivity contribution is -0.421. The van der Waals surface area contributed by atoms with E-state index >= 15 is 0 Å². The number of unbranched alkanes of at least 4 members (excludes halogenated alkanes) is 2. The summed E-state index contributed by atoms with van der Waals surface area (Å²) in [6.45, 7) is 4.26. The Morgan fingerprint density at radius 1 is 1.09 bits per heavy atom. The first-order valence-corrected chi connectivity index (χ1v) is 16.2. The molecule has 2 aliphatic carbocycles. The zero-order chi connectivity index (χ0) is 33.6. The molecule has 2 aromatic rings. The highest BCUT2D eigenvalue weighted by molar-refractivity contribution is 5.87. The normalized spacial score (nSPS) is 16.7. The Hall–Kier alpha value is -5.12. The van der Waals surface area contributed by atoms with E-state index in [4.69, 9.17) is 9.84 Å². The monoisotopic (exact) mass is 640 g/mol. The lowest BCUT2D eigenvalue weighted by Gasteiger charge is -2.31. The van der Waals surface area contributed by atoms with Crippen LogP contribution in [0, 0.1) is 16.0 Å². The molecule has 1 amide bonds. The zero-order valence-electron chi connectivity index (χ0n) is 27.1. The second kappa shape index (κ2) is 17.5. The van der Waals surface area contributed by atoms with Gasteiger partial charge in [-0.05, 0) is 99.6 Å². The molecule has 0 radical (unpaired) electrons. The van der Waals surface area contributed by atoms with Crippen LogP contribution in [-0.4, -0.2) is 46.0 Å². The Labute approximate surface area is 276 Å². The van der Waals surface area contributed by atoms with Gasteiger partial charge in [0.1, 0.15) is 18.2 Å². The highest BCUT2D eigenvalue weighted by atomic mass is 16.6. The number of rotatable bonds is 17. The third-order valence-electron chi connectivity index (χ3n) is 8.07. The van der Waals surface area contributed by atoms with E-state index in [1.54, 1.807) is 23.1 Å². The summed E-state index contributed by atoms with van der Waals surface area (Å²) in [6.07, 6.45) is 17.1. The number of ether oxygens (including phenoxy) is 1. The van der Waals surface area contributed by atoms with Gasteiger partial charge in [0.15, 0.2) is 0 Å². The minimum absolute atomic E-state index is 0.0345. The second-order valence-corrected chi connectivity index (χ2v) is 11.8. The molecule has 47 heavy (non-hydrogen) atoms. The van der Waals surface area contributed by atoms with Gasteiger partial charge in [0.2, 0.25) is 5.91 Å². The SMILES string of the molecule is CCCC/C=C(\NC1=CCC(CC(=O)N(CC2=CCCC=C2[N+](=O)[O-])[C@@H](C)COc2ccc(C(=O)O)cc2)C=C1)Nc1ccccc1. The maximum atomic E-state index is 13.8. The molecule has 2 aromatic carbocycles. The number of aromatic carboxylic acids is 1. The number of nitrogens with one attached hydrogen (secondary N) is 2. The van der Waals surface area contributed by atoms with Crippen LogP contribution in [0.1, 0.15) is 69.2 Å². The van der Waals surface area contributed by atoms with Crippen LogP contribution < -0.4 is 15.4 Å². The number of benzene rings is 2. The number of nitrogens with zero attached hydrogens (tertiary/aromatic N) is 2. The molecule has 2 atom stereocenters. The van der Waals surface area contributed by atoms with Crippen molar-refractivity contribution in [3.8, 4) is 5.75 Å². The summed E-state index contributed by atoms with van der Waals surface area (Å²) in [5.74, 6) is 0.194. The van der Waals surface area contributed by atoms with E-state index in [0.717, 1.165) is 36.5 Å². The number of amides is 1. The predicted molar refractivity (Wildman–Crippen MR) is 183 cm³/mol. The van der Waals surface area contributed by atoms with E-state index in [1.807, 2.05) is 55.5 Å². The smallest absolute Gasteiger partial charge is 0.335 e. The van der Waals surface area contributed by atoms with Crippen LogP contribution in [0.15, 0.2) is 114 Å². The van der Waals surface area contributed by atoms with Crippen LogP contribution in [0.2, 0.25) is 0 Å². The Morgan fingerprint density at radius 3 is 2.49 bits per heavy atom. The number of nitro groups is 1. The number of carbonyl (C=O) groups excluding carboxylic acids is 1. The van der Waals surface area contributed by atoms with Gasteiger partial charge in [-0.25, -0.2) is 4.79 Å². The van der Waals surface area contributed by atoms with Crippen molar-refractivity contribution in [1.82, 2.24) is 10.2 Å². The van der Waals surface area contributed by atoms with Gasteiger partial charge in [0.05, 0.1) is 23.1 Å². The van der Waals surface area contributed by atoms with Gasteiger partial charge in [0, 0.05) is 23.4 Å².